The molecule has 0 saturated heterocycles. The van der Waals surface area contributed by atoms with E-state index in [4.69, 9.17) is 24.4 Å². The Balaban J connectivity index is -0.0000000300. The van der Waals surface area contributed by atoms with Crippen LogP contribution in [0.1, 0.15) is 0 Å². The number of rotatable bonds is 0. The zero-order valence-electron chi connectivity index (χ0n) is 3.42. The van der Waals surface area contributed by atoms with Crippen LogP contribution in [-0.2, 0) is 7.67 Å². The van der Waals surface area contributed by atoms with Crippen LogP contribution in [0, 0.1) is 0 Å². The van der Waals surface area contributed by atoms with Crippen molar-refractivity contribution in [2.24, 2.45) is 0 Å². The van der Waals surface area contributed by atoms with Gasteiger partial charge in [0.2, 0.25) is 0 Å². The van der Waals surface area contributed by atoms with Gasteiger partial charge in [-0.25, -0.2) is 0 Å². The van der Waals surface area contributed by atoms with Crippen molar-refractivity contribution in [3.8, 4) is 0 Å². The van der Waals surface area contributed by atoms with E-state index in [0.717, 1.165) is 0 Å². The molecule has 0 aromatic carbocycles. The van der Waals surface area contributed by atoms with E-state index in [2.05, 4.69) is 0 Å². The monoisotopic (exact) mass is 308 g/mol. The molecule has 0 aliphatic carbocycles. The van der Waals surface area contributed by atoms with Crippen LogP contribution in [0.5, 0.6) is 0 Å². The predicted molar refractivity (Wildman–Crippen MR) is 36.1 cm³/mol. The summed E-state index contributed by atoms with van der Waals surface area (Å²) in [6.07, 6.45) is 0. The summed E-state index contributed by atoms with van der Waals surface area (Å²) in [6, 6.07) is 0. The van der Waals surface area contributed by atoms with Crippen molar-refractivity contribution in [3.05, 3.63) is 0 Å². The second-order valence-electron chi connectivity index (χ2n) is 0.461. The molecule has 0 heterocycles. The molecule has 0 saturated carbocycles. The molecule has 0 radical (unpaired) electrons. The van der Waals surface area contributed by atoms with Crippen molar-refractivity contribution in [1.29, 1.82) is 0 Å². The van der Waals surface area contributed by atoms with Crippen molar-refractivity contribution in [2.75, 3.05) is 0 Å². The Morgan fingerprint density at radius 1 is 0.700 bits per heavy atom. The average molecular weight is 306 g/mol. The van der Waals surface area contributed by atoms with Crippen LogP contribution in [0.2, 0.25) is 0 Å². The molecule has 0 aliphatic heterocycles. The van der Waals surface area contributed by atoms with Crippen molar-refractivity contribution < 1.29 is 24.4 Å². The fourth-order valence-electron chi connectivity index (χ4n) is 0. The van der Waals surface area contributed by atoms with E-state index >= 15 is 0 Å². The molecular formula is H6Na2O6Se2. The molecule has 0 atom stereocenters. The van der Waals surface area contributed by atoms with E-state index in [-0.39, 0.29) is 59.1 Å². The molecule has 4 N–H and O–H groups in total. The van der Waals surface area contributed by atoms with Gasteiger partial charge in [0, 0.05) is 0 Å². The Morgan fingerprint density at radius 3 is 0.700 bits per heavy atom. The Kier molecular flexibility index (Phi) is 40.1. The van der Waals surface area contributed by atoms with Gasteiger partial charge in [-0.05, 0) is 0 Å². The first-order valence-electron chi connectivity index (χ1n) is 1.06. The minimum atomic E-state index is -3.29. The van der Waals surface area contributed by atoms with Crippen LogP contribution in [0.3, 0.4) is 0 Å². The average Bonchev–Trinajstić information content (AvgIpc) is 1.25. The maximum atomic E-state index is 8.76. The normalized spacial score (nSPS) is 7.00. The van der Waals surface area contributed by atoms with Gasteiger partial charge in [0.05, 0.1) is 0 Å². The van der Waals surface area contributed by atoms with Crippen LogP contribution < -0.4 is 0 Å². The first-order valence-corrected chi connectivity index (χ1v) is 5.53. The molecule has 10 heteroatoms. The number of hydrogen-bond donors (Lipinski definition) is 4. The Labute approximate surface area is 111 Å². The third kappa shape index (κ3) is 153. The Bertz CT molecular complexity index is 71.7. The van der Waals surface area contributed by atoms with E-state index in [1.165, 1.54) is 0 Å². The van der Waals surface area contributed by atoms with Crippen molar-refractivity contribution >= 4 is 88.1 Å². The molecule has 0 unspecified atom stereocenters. The second kappa shape index (κ2) is 17.5. The molecule has 0 bridgehead atoms. The van der Waals surface area contributed by atoms with Crippen molar-refractivity contribution in [1.82, 2.24) is 0 Å². The molecule has 10 heavy (non-hydrogen) atoms. The zero-order valence-corrected chi connectivity index (χ0v) is 6.85. The summed E-state index contributed by atoms with van der Waals surface area (Å²) in [6.45, 7) is 0. The van der Waals surface area contributed by atoms with Crippen molar-refractivity contribution in [2.45, 2.75) is 0 Å². The van der Waals surface area contributed by atoms with E-state index in [9.17, 15) is 0 Å². The molecule has 0 aromatic heterocycles. The summed E-state index contributed by atoms with van der Waals surface area (Å²) in [7, 11) is 0. The second-order valence-corrected chi connectivity index (χ2v) is 2.40. The summed E-state index contributed by atoms with van der Waals surface area (Å²) in [5, 5.41) is 0. The van der Waals surface area contributed by atoms with Gasteiger partial charge in [0.1, 0.15) is 0 Å². The third-order valence-electron chi connectivity index (χ3n) is 0. The Hall–Kier alpha value is 2.48. The van der Waals surface area contributed by atoms with Crippen LogP contribution in [0.15, 0.2) is 0 Å². The molecule has 0 aromatic rings. The van der Waals surface area contributed by atoms with Crippen LogP contribution >= 0.6 is 0 Å². The third-order valence-corrected chi connectivity index (χ3v) is 0. The fraction of sp³-hybridized carbons (Fsp3) is 0. The van der Waals surface area contributed by atoms with Crippen LogP contribution in [0.4, 0.5) is 0 Å². The summed E-state index contributed by atoms with van der Waals surface area (Å²) in [4.78, 5) is 0. The molecule has 0 fully saturated rings. The van der Waals surface area contributed by atoms with Crippen LogP contribution in [-0.4, -0.2) is 105 Å². The minimum absolute atomic E-state index is 0. The topological polar surface area (TPSA) is 115 Å². The van der Waals surface area contributed by atoms with Gasteiger partial charge in [-0.15, -0.1) is 0 Å². The van der Waals surface area contributed by atoms with Gasteiger partial charge in [-0.3, -0.25) is 0 Å². The summed E-state index contributed by atoms with van der Waals surface area (Å²) >= 11 is -6.58. The molecule has 56 valence electrons. The maximum absolute atomic E-state index is 8.76. The predicted octanol–water partition coefficient (Wildman–Crippen LogP) is -4.52. The molecule has 0 aliphatic rings. The molecule has 6 nitrogen and oxygen atoms in total. The van der Waals surface area contributed by atoms with Gasteiger partial charge in [-0.1, -0.05) is 0 Å². The first-order chi connectivity index (χ1) is 3.46. The fourth-order valence-corrected chi connectivity index (χ4v) is 0. The number of hydrogen-bond acceptors (Lipinski definition) is 2. The summed E-state index contributed by atoms with van der Waals surface area (Å²) in [5.41, 5.74) is 0. The van der Waals surface area contributed by atoms with E-state index in [1.807, 2.05) is 0 Å². The quantitative estimate of drug-likeness (QED) is 0.335. The van der Waals surface area contributed by atoms with Gasteiger partial charge in [0.15, 0.2) is 0 Å². The van der Waals surface area contributed by atoms with E-state index < -0.39 is 29.0 Å². The van der Waals surface area contributed by atoms with Gasteiger partial charge < -0.3 is 0 Å². The molecule has 0 amide bonds. The summed E-state index contributed by atoms with van der Waals surface area (Å²) in [5.74, 6) is 0. The molecular weight excluding hydrogens is 300 g/mol. The molecule has 0 rings (SSSR count). The zero-order chi connectivity index (χ0) is 7.15. The van der Waals surface area contributed by atoms with Gasteiger partial charge >= 0.3 is 113 Å². The standard InChI is InChI=1S/2Na.2H2O3Se.2H/c;;2*1-4(2)3;;/h;;2*(H2,1,2,3);;. The molecule has 0 spiro atoms. The van der Waals surface area contributed by atoms with E-state index in [0.29, 0.717) is 0 Å². The first kappa shape index (κ1) is 22.9. The SMILES string of the molecule is O=[Se](O)O.O=[Se](O)O.[NaH].[NaH]. The van der Waals surface area contributed by atoms with Gasteiger partial charge in [-0.2, -0.15) is 0 Å². The Morgan fingerprint density at radius 2 is 0.700 bits per heavy atom. The summed E-state index contributed by atoms with van der Waals surface area (Å²) < 4.78 is 46.2. The van der Waals surface area contributed by atoms with Gasteiger partial charge in [0.25, 0.3) is 0 Å². The van der Waals surface area contributed by atoms with E-state index in [1.54, 1.807) is 0 Å². The van der Waals surface area contributed by atoms with Crippen LogP contribution in [0.25, 0.3) is 0 Å². The van der Waals surface area contributed by atoms with Crippen molar-refractivity contribution in [3.63, 3.8) is 0 Å².